The van der Waals surface area contributed by atoms with Crippen LogP contribution in [0.2, 0.25) is 0 Å². The van der Waals surface area contributed by atoms with Crippen LogP contribution >= 0.6 is 0 Å². The van der Waals surface area contributed by atoms with Crippen molar-refractivity contribution >= 4 is 0 Å². The molecule has 1 fully saturated rings. The Morgan fingerprint density at radius 3 is 2.79 bits per heavy atom. The third kappa shape index (κ3) is 2.77. The highest BCUT2D eigenvalue weighted by Crippen LogP contribution is 2.39. The summed E-state index contributed by atoms with van der Waals surface area (Å²) in [6.07, 6.45) is 3.16. The van der Waals surface area contributed by atoms with Gasteiger partial charge >= 0.3 is 0 Å². The van der Waals surface area contributed by atoms with Crippen LogP contribution in [0.5, 0.6) is 5.75 Å². The number of piperidine rings is 1. The fraction of sp³-hybridized carbons (Fsp3) is 0.625. The maximum Gasteiger partial charge on any atom is 0.122 e. The van der Waals surface area contributed by atoms with E-state index in [4.69, 9.17) is 4.74 Å². The normalized spacial score (nSPS) is 24.4. The number of hydrogen-bond acceptors (Lipinski definition) is 3. The Morgan fingerprint density at radius 2 is 2.21 bits per heavy atom. The summed E-state index contributed by atoms with van der Waals surface area (Å²) in [4.78, 5) is 2.30. The summed E-state index contributed by atoms with van der Waals surface area (Å²) in [5.41, 5.74) is 2.30. The fourth-order valence-corrected chi connectivity index (χ4v) is 3.19. The number of likely N-dealkylation sites (tertiary alicyclic amines) is 1. The standard InChI is InChI=1S/C16H25NO2/c1-4-13-6-7-15(19-3)14(10-13)16(12-18)8-5-9-17(2)11-16/h6-7,10,18H,4-5,8-9,11-12H2,1-3H3. The molecule has 1 unspecified atom stereocenters. The lowest BCUT2D eigenvalue weighted by molar-refractivity contribution is 0.102. The first kappa shape index (κ1) is 14.4. The van der Waals surface area contributed by atoms with E-state index in [1.54, 1.807) is 7.11 Å². The highest BCUT2D eigenvalue weighted by Gasteiger charge is 2.37. The van der Waals surface area contributed by atoms with Gasteiger partial charge in [-0.05, 0) is 44.5 Å². The second-order valence-electron chi connectivity index (χ2n) is 5.67. The van der Waals surface area contributed by atoms with Gasteiger partial charge in [0.2, 0.25) is 0 Å². The number of benzene rings is 1. The van der Waals surface area contributed by atoms with Crippen molar-refractivity contribution in [3.63, 3.8) is 0 Å². The molecule has 106 valence electrons. The van der Waals surface area contributed by atoms with Crippen LogP contribution in [0.4, 0.5) is 0 Å². The predicted octanol–water partition coefficient (Wildman–Crippen LogP) is 2.21. The monoisotopic (exact) mass is 263 g/mol. The van der Waals surface area contributed by atoms with Crippen molar-refractivity contribution in [3.8, 4) is 5.75 Å². The summed E-state index contributed by atoms with van der Waals surface area (Å²) in [5, 5.41) is 10.0. The molecule has 1 heterocycles. The molecule has 0 aromatic heterocycles. The number of aryl methyl sites for hydroxylation is 1. The topological polar surface area (TPSA) is 32.7 Å². The fourth-order valence-electron chi connectivity index (χ4n) is 3.19. The predicted molar refractivity (Wildman–Crippen MR) is 77.9 cm³/mol. The minimum absolute atomic E-state index is 0.177. The van der Waals surface area contributed by atoms with Crippen LogP contribution in [0.15, 0.2) is 18.2 Å². The zero-order chi connectivity index (χ0) is 13.9. The second-order valence-corrected chi connectivity index (χ2v) is 5.67. The molecule has 1 saturated heterocycles. The lowest BCUT2D eigenvalue weighted by Gasteiger charge is -2.41. The number of ether oxygens (including phenoxy) is 1. The van der Waals surface area contributed by atoms with E-state index >= 15 is 0 Å². The molecule has 1 aromatic carbocycles. The van der Waals surface area contributed by atoms with E-state index in [9.17, 15) is 5.11 Å². The Hall–Kier alpha value is -1.06. The van der Waals surface area contributed by atoms with Crippen LogP contribution in [0.25, 0.3) is 0 Å². The van der Waals surface area contributed by atoms with Crippen molar-refractivity contribution in [2.75, 3.05) is 33.9 Å². The minimum atomic E-state index is -0.177. The Morgan fingerprint density at radius 1 is 1.42 bits per heavy atom. The molecule has 1 aromatic rings. The van der Waals surface area contributed by atoms with Crippen LogP contribution in [-0.2, 0) is 11.8 Å². The Labute approximate surface area is 116 Å². The summed E-state index contributed by atoms with van der Waals surface area (Å²) >= 11 is 0. The van der Waals surface area contributed by atoms with Gasteiger partial charge in [0.1, 0.15) is 5.75 Å². The van der Waals surface area contributed by atoms with E-state index < -0.39 is 0 Å². The second kappa shape index (κ2) is 5.93. The van der Waals surface area contributed by atoms with Gasteiger partial charge in [0.05, 0.1) is 13.7 Å². The largest absolute Gasteiger partial charge is 0.496 e. The van der Waals surface area contributed by atoms with Crippen molar-refractivity contribution in [1.82, 2.24) is 4.90 Å². The average molecular weight is 263 g/mol. The highest BCUT2D eigenvalue weighted by molar-refractivity contribution is 5.43. The van der Waals surface area contributed by atoms with Crippen LogP contribution in [0, 0.1) is 0 Å². The van der Waals surface area contributed by atoms with Gasteiger partial charge in [-0.1, -0.05) is 19.1 Å². The van der Waals surface area contributed by atoms with Gasteiger partial charge in [0.25, 0.3) is 0 Å². The molecule has 3 heteroatoms. The first-order valence-corrected chi connectivity index (χ1v) is 7.12. The van der Waals surface area contributed by atoms with Gasteiger partial charge in [-0.25, -0.2) is 0 Å². The van der Waals surface area contributed by atoms with Gasteiger partial charge in [-0.15, -0.1) is 0 Å². The van der Waals surface area contributed by atoms with Gasteiger partial charge in [-0.2, -0.15) is 0 Å². The number of nitrogens with zero attached hydrogens (tertiary/aromatic N) is 1. The van der Waals surface area contributed by atoms with Crippen molar-refractivity contribution in [2.24, 2.45) is 0 Å². The van der Waals surface area contributed by atoms with E-state index in [0.717, 1.165) is 38.1 Å². The maximum absolute atomic E-state index is 10.0. The Balaban J connectivity index is 2.46. The maximum atomic E-state index is 10.0. The van der Waals surface area contributed by atoms with E-state index in [-0.39, 0.29) is 12.0 Å². The molecule has 0 bridgehead atoms. The zero-order valence-corrected chi connectivity index (χ0v) is 12.3. The lowest BCUT2D eigenvalue weighted by Crippen LogP contribution is -2.47. The molecule has 1 N–H and O–H groups in total. The molecule has 0 amide bonds. The van der Waals surface area contributed by atoms with Crippen molar-refractivity contribution in [1.29, 1.82) is 0 Å². The third-order valence-electron chi connectivity index (χ3n) is 4.31. The van der Waals surface area contributed by atoms with Crippen LogP contribution in [0.1, 0.15) is 30.9 Å². The van der Waals surface area contributed by atoms with Gasteiger partial charge < -0.3 is 14.7 Å². The Kier molecular flexibility index (Phi) is 4.48. The molecule has 0 radical (unpaired) electrons. The number of rotatable bonds is 4. The Bertz CT molecular complexity index is 433. The number of likely N-dealkylation sites (N-methyl/N-ethyl adjacent to an activating group) is 1. The van der Waals surface area contributed by atoms with E-state index in [1.807, 2.05) is 6.07 Å². The number of aliphatic hydroxyl groups is 1. The first-order chi connectivity index (χ1) is 9.15. The summed E-state index contributed by atoms with van der Waals surface area (Å²) < 4.78 is 5.53. The SMILES string of the molecule is CCc1ccc(OC)c(C2(CO)CCCN(C)C2)c1. The molecule has 1 aliphatic heterocycles. The summed E-state index contributed by atoms with van der Waals surface area (Å²) in [5.74, 6) is 0.904. The summed E-state index contributed by atoms with van der Waals surface area (Å²) in [6, 6.07) is 6.37. The zero-order valence-electron chi connectivity index (χ0n) is 12.3. The lowest BCUT2D eigenvalue weighted by atomic mass is 9.74. The average Bonchev–Trinajstić information content (AvgIpc) is 2.46. The number of hydrogen-bond donors (Lipinski definition) is 1. The van der Waals surface area contributed by atoms with Gasteiger partial charge in [0.15, 0.2) is 0 Å². The van der Waals surface area contributed by atoms with Crippen molar-refractivity contribution < 1.29 is 9.84 Å². The van der Waals surface area contributed by atoms with Crippen molar-refractivity contribution in [3.05, 3.63) is 29.3 Å². The highest BCUT2D eigenvalue weighted by atomic mass is 16.5. The van der Waals surface area contributed by atoms with Gasteiger partial charge in [-0.3, -0.25) is 0 Å². The molecular formula is C16H25NO2. The van der Waals surface area contributed by atoms with E-state index in [1.165, 1.54) is 11.1 Å². The van der Waals surface area contributed by atoms with Crippen LogP contribution in [-0.4, -0.2) is 43.9 Å². The van der Waals surface area contributed by atoms with E-state index in [0.29, 0.717) is 0 Å². The number of aliphatic hydroxyl groups excluding tert-OH is 1. The molecule has 2 rings (SSSR count). The molecule has 1 aliphatic rings. The van der Waals surface area contributed by atoms with E-state index in [2.05, 4.69) is 31.0 Å². The summed E-state index contributed by atoms with van der Waals surface area (Å²) in [6.45, 7) is 4.34. The molecule has 1 atom stereocenters. The molecule has 0 aliphatic carbocycles. The van der Waals surface area contributed by atoms with Crippen molar-refractivity contribution in [2.45, 2.75) is 31.6 Å². The number of methoxy groups -OCH3 is 1. The molecule has 0 spiro atoms. The van der Waals surface area contributed by atoms with Crippen LogP contribution < -0.4 is 4.74 Å². The molecule has 3 nitrogen and oxygen atoms in total. The first-order valence-electron chi connectivity index (χ1n) is 7.12. The van der Waals surface area contributed by atoms with Crippen LogP contribution in [0.3, 0.4) is 0 Å². The molecule has 0 saturated carbocycles. The summed E-state index contributed by atoms with van der Waals surface area (Å²) in [7, 11) is 3.84. The minimum Gasteiger partial charge on any atom is -0.496 e. The molecule has 19 heavy (non-hydrogen) atoms. The molecular weight excluding hydrogens is 238 g/mol. The third-order valence-corrected chi connectivity index (χ3v) is 4.31. The quantitative estimate of drug-likeness (QED) is 0.904. The van der Waals surface area contributed by atoms with Gasteiger partial charge in [0, 0.05) is 17.5 Å². The smallest absolute Gasteiger partial charge is 0.122 e.